The molecule has 0 unspecified atom stereocenters. The summed E-state index contributed by atoms with van der Waals surface area (Å²) >= 11 is 0. The molecule has 3 aromatic rings. The quantitative estimate of drug-likeness (QED) is 0.710. The number of ether oxygens (including phenoxy) is 1. The number of hydrogen-bond acceptors (Lipinski definition) is 3. The highest BCUT2D eigenvalue weighted by Gasteiger charge is 2.09. The van der Waals surface area contributed by atoms with Crippen LogP contribution in [0, 0.1) is 19.7 Å². The lowest BCUT2D eigenvalue weighted by molar-refractivity contribution is 0.446. The van der Waals surface area contributed by atoms with Gasteiger partial charge in [-0.05, 0) is 55.3 Å². The molecule has 1 aromatic heterocycles. The Morgan fingerprint density at radius 1 is 1.00 bits per heavy atom. The second-order valence-electron chi connectivity index (χ2n) is 5.05. The maximum atomic E-state index is 13.9. The van der Waals surface area contributed by atoms with Gasteiger partial charge in [0.25, 0.3) is 0 Å². The summed E-state index contributed by atoms with van der Waals surface area (Å²) in [5, 5.41) is 0.858. The molecule has 0 amide bonds. The van der Waals surface area contributed by atoms with E-state index < -0.39 is 5.82 Å². The molecule has 2 N–H and O–H groups in total. The maximum absolute atomic E-state index is 13.9. The molecule has 0 saturated carbocycles. The average Bonchev–Trinajstić information content (AvgIpc) is 2.44. The van der Waals surface area contributed by atoms with Gasteiger partial charge in [-0.3, -0.25) is 4.98 Å². The number of pyridine rings is 1. The molecule has 0 bridgehead atoms. The van der Waals surface area contributed by atoms with Crippen molar-refractivity contribution in [1.29, 1.82) is 0 Å². The molecular formula is C17H15FN2O. The van der Waals surface area contributed by atoms with Crippen LogP contribution in [0.4, 0.5) is 10.1 Å². The number of benzene rings is 2. The fraction of sp³-hybridized carbons (Fsp3) is 0.118. The Morgan fingerprint density at radius 2 is 1.76 bits per heavy atom. The van der Waals surface area contributed by atoms with Crippen molar-refractivity contribution in [3.05, 3.63) is 59.5 Å². The van der Waals surface area contributed by atoms with Crippen molar-refractivity contribution in [2.24, 2.45) is 0 Å². The molecule has 1 heterocycles. The lowest BCUT2D eigenvalue weighted by Crippen LogP contribution is -1.93. The van der Waals surface area contributed by atoms with E-state index >= 15 is 0 Å². The molecule has 0 aliphatic carbocycles. The van der Waals surface area contributed by atoms with E-state index in [0.717, 1.165) is 22.0 Å². The monoisotopic (exact) mass is 282 g/mol. The van der Waals surface area contributed by atoms with E-state index in [1.807, 2.05) is 26.0 Å². The lowest BCUT2D eigenvalue weighted by Gasteiger charge is -2.11. The zero-order chi connectivity index (χ0) is 15.0. The van der Waals surface area contributed by atoms with Crippen LogP contribution in [-0.2, 0) is 0 Å². The lowest BCUT2D eigenvalue weighted by atomic mass is 10.1. The molecule has 106 valence electrons. The summed E-state index contributed by atoms with van der Waals surface area (Å²) in [7, 11) is 0. The highest BCUT2D eigenvalue weighted by molar-refractivity contribution is 5.86. The van der Waals surface area contributed by atoms with E-state index in [0.29, 0.717) is 11.4 Å². The Morgan fingerprint density at radius 3 is 2.52 bits per heavy atom. The molecule has 2 aromatic carbocycles. The summed E-state index contributed by atoms with van der Waals surface area (Å²) in [6.07, 6.45) is 1.65. The van der Waals surface area contributed by atoms with Crippen molar-refractivity contribution >= 4 is 16.6 Å². The number of nitrogen functional groups attached to an aromatic ring is 1. The van der Waals surface area contributed by atoms with Crippen LogP contribution in [0.25, 0.3) is 10.9 Å². The van der Waals surface area contributed by atoms with Gasteiger partial charge >= 0.3 is 0 Å². The molecule has 0 radical (unpaired) electrons. The number of nitrogens with two attached hydrogens (primary N) is 1. The Kier molecular flexibility index (Phi) is 3.22. The van der Waals surface area contributed by atoms with Crippen LogP contribution in [0.3, 0.4) is 0 Å². The number of nitrogens with zero attached hydrogens (tertiary/aromatic N) is 1. The van der Waals surface area contributed by atoms with Crippen molar-refractivity contribution < 1.29 is 9.13 Å². The topological polar surface area (TPSA) is 48.1 Å². The van der Waals surface area contributed by atoms with Crippen LogP contribution in [0.1, 0.15) is 11.1 Å². The van der Waals surface area contributed by atoms with E-state index in [4.69, 9.17) is 10.5 Å². The Bertz CT molecular complexity index is 830. The van der Waals surface area contributed by atoms with Gasteiger partial charge in [0.05, 0.1) is 5.52 Å². The fourth-order valence-electron chi connectivity index (χ4n) is 2.19. The zero-order valence-electron chi connectivity index (χ0n) is 11.9. The first kappa shape index (κ1) is 13.4. The van der Waals surface area contributed by atoms with E-state index in [1.165, 1.54) is 12.1 Å². The minimum absolute atomic E-state index is 0.148. The third kappa shape index (κ3) is 2.52. The molecule has 3 nitrogen and oxygen atoms in total. The Hall–Kier alpha value is -2.62. The minimum Gasteiger partial charge on any atom is -0.454 e. The molecule has 3 rings (SSSR count). The van der Waals surface area contributed by atoms with Gasteiger partial charge in [-0.2, -0.15) is 0 Å². The van der Waals surface area contributed by atoms with Gasteiger partial charge in [-0.25, -0.2) is 4.39 Å². The zero-order valence-corrected chi connectivity index (χ0v) is 11.9. The van der Waals surface area contributed by atoms with Crippen LogP contribution >= 0.6 is 0 Å². The van der Waals surface area contributed by atoms with Crippen molar-refractivity contribution in [1.82, 2.24) is 4.98 Å². The van der Waals surface area contributed by atoms with Gasteiger partial charge in [0.2, 0.25) is 0 Å². The molecule has 21 heavy (non-hydrogen) atoms. The second kappa shape index (κ2) is 5.05. The van der Waals surface area contributed by atoms with Crippen LogP contribution in [-0.4, -0.2) is 4.98 Å². The first-order valence-electron chi connectivity index (χ1n) is 6.63. The van der Waals surface area contributed by atoms with Crippen LogP contribution in [0.5, 0.6) is 11.5 Å². The Labute approximate surface area is 122 Å². The van der Waals surface area contributed by atoms with E-state index in [-0.39, 0.29) is 5.75 Å². The third-order valence-corrected chi connectivity index (χ3v) is 3.49. The van der Waals surface area contributed by atoms with Crippen molar-refractivity contribution in [2.45, 2.75) is 13.8 Å². The molecular weight excluding hydrogens is 267 g/mol. The smallest absolute Gasteiger partial charge is 0.167 e. The molecule has 0 atom stereocenters. The largest absolute Gasteiger partial charge is 0.454 e. The van der Waals surface area contributed by atoms with Gasteiger partial charge in [0, 0.05) is 23.3 Å². The average molecular weight is 282 g/mol. The fourth-order valence-corrected chi connectivity index (χ4v) is 2.19. The summed E-state index contributed by atoms with van der Waals surface area (Å²) in [4.78, 5) is 4.33. The summed E-state index contributed by atoms with van der Waals surface area (Å²) in [6.45, 7) is 4.05. The van der Waals surface area contributed by atoms with Gasteiger partial charge in [-0.1, -0.05) is 0 Å². The summed E-state index contributed by atoms with van der Waals surface area (Å²) in [5.74, 6) is 0.241. The van der Waals surface area contributed by atoms with E-state index in [2.05, 4.69) is 4.98 Å². The standard InChI is InChI=1S/C17H15FN2O/c1-10-7-13-15(8-11(10)2)20-6-5-16(13)21-17-4-3-12(19)9-14(17)18/h3-9H,19H2,1-2H3. The predicted molar refractivity (Wildman–Crippen MR) is 82.1 cm³/mol. The van der Waals surface area contributed by atoms with Gasteiger partial charge in [-0.15, -0.1) is 0 Å². The highest BCUT2D eigenvalue weighted by Crippen LogP contribution is 2.32. The van der Waals surface area contributed by atoms with Crippen molar-refractivity contribution in [3.8, 4) is 11.5 Å². The summed E-state index contributed by atoms with van der Waals surface area (Å²) < 4.78 is 19.6. The van der Waals surface area contributed by atoms with E-state index in [9.17, 15) is 4.39 Å². The maximum Gasteiger partial charge on any atom is 0.167 e. The molecule has 0 aliphatic rings. The minimum atomic E-state index is -0.483. The number of aromatic nitrogens is 1. The molecule has 0 spiro atoms. The van der Waals surface area contributed by atoms with Crippen LogP contribution in [0.15, 0.2) is 42.6 Å². The second-order valence-corrected chi connectivity index (χ2v) is 5.05. The predicted octanol–water partition coefficient (Wildman–Crippen LogP) is 4.37. The van der Waals surface area contributed by atoms with Gasteiger partial charge in [0.15, 0.2) is 11.6 Å². The number of anilines is 1. The van der Waals surface area contributed by atoms with Gasteiger partial charge < -0.3 is 10.5 Å². The van der Waals surface area contributed by atoms with E-state index in [1.54, 1.807) is 18.3 Å². The van der Waals surface area contributed by atoms with Crippen LogP contribution in [0.2, 0.25) is 0 Å². The Balaban J connectivity index is 2.10. The van der Waals surface area contributed by atoms with Crippen molar-refractivity contribution in [2.75, 3.05) is 5.73 Å². The SMILES string of the molecule is Cc1cc2nccc(Oc3ccc(N)cc3F)c2cc1C. The molecule has 0 aliphatic heterocycles. The number of halogens is 1. The summed E-state index contributed by atoms with van der Waals surface area (Å²) in [5.41, 5.74) is 9.03. The number of aryl methyl sites for hydroxylation is 2. The molecule has 0 saturated heterocycles. The third-order valence-electron chi connectivity index (χ3n) is 3.49. The molecule has 4 heteroatoms. The number of rotatable bonds is 2. The molecule has 0 fully saturated rings. The van der Waals surface area contributed by atoms with Gasteiger partial charge in [0.1, 0.15) is 5.75 Å². The van der Waals surface area contributed by atoms with Crippen molar-refractivity contribution in [3.63, 3.8) is 0 Å². The highest BCUT2D eigenvalue weighted by atomic mass is 19.1. The number of hydrogen-bond donors (Lipinski definition) is 1. The first-order valence-corrected chi connectivity index (χ1v) is 6.63. The number of fused-ring (bicyclic) bond motifs is 1. The van der Waals surface area contributed by atoms with Crippen LogP contribution < -0.4 is 10.5 Å². The normalized spacial score (nSPS) is 10.8. The summed E-state index contributed by atoms with van der Waals surface area (Å²) in [6, 6.07) is 10.1. The first-order chi connectivity index (χ1) is 10.0.